The molecular weight excluding hydrogens is 198 g/mol. The monoisotopic (exact) mass is 221 g/mol. The molecule has 90 valence electrons. The summed E-state index contributed by atoms with van der Waals surface area (Å²) in [7, 11) is 3.75. The highest BCUT2D eigenvalue weighted by Crippen LogP contribution is 2.22. The molecule has 0 saturated heterocycles. The number of methoxy groups -OCH3 is 1. The molecule has 0 aliphatic heterocycles. The van der Waals surface area contributed by atoms with Crippen molar-refractivity contribution in [1.29, 1.82) is 0 Å². The van der Waals surface area contributed by atoms with Gasteiger partial charge in [-0.15, -0.1) is 0 Å². The van der Waals surface area contributed by atoms with Crippen LogP contribution in [0, 0.1) is 5.92 Å². The molecule has 2 unspecified atom stereocenters. The predicted octanol–water partition coefficient (Wildman–Crippen LogP) is 2.87. The summed E-state index contributed by atoms with van der Waals surface area (Å²) < 4.78 is 5.36. The van der Waals surface area contributed by atoms with E-state index in [4.69, 9.17) is 4.74 Å². The summed E-state index contributed by atoms with van der Waals surface area (Å²) in [4.78, 5) is 0. The first kappa shape index (κ1) is 13.0. The highest BCUT2D eigenvalue weighted by Gasteiger charge is 2.10. The van der Waals surface area contributed by atoms with Gasteiger partial charge in [0, 0.05) is 6.04 Å². The Kier molecular flexibility index (Phi) is 5.33. The van der Waals surface area contributed by atoms with E-state index >= 15 is 0 Å². The van der Waals surface area contributed by atoms with Gasteiger partial charge in [0.2, 0.25) is 0 Å². The van der Waals surface area contributed by atoms with Crippen LogP contribution in [0.2, 0.25) is 0 Å². The van der Waals surface area contributed by atoms with E-state index in [1.165, 1.54) is 12.0 Å². The minimum absolute atomic E-state index is 0.574. The summed E-state index contributed by atoms with van der Waals surface area (Å²) in [6.07, 6.45) is 2.27. The minimum atomic E-state index is 0.574. The van der Waals surface area contributed by atoms with E-state index in [2.05, 4.69) is 31.3 Å². The van der Waals surface area contributed by atoms with Crippen LogP contribution in [0.5, 0.6) is 5.75 Å². The second kappa shape index (κ2) is 6.54. The molecular formula is C14H23NO. The Morgan fingerprint density at radius 3 is 2.56 bits per heavy atom. The van der Waals surface area contributed by atoms with Crippen molar-refractivity contribution in [3.8, 4) is 5.75 Å². The van der Waals surface area contributed by atoms with Crippen molar-refractivity contribution in [3.63, 3.8) is 0 Å². The van der Waals surface area contributed by atoms with Crippen LogP contribution in [0.15, 0.2) is 24.3 Å². The minimum Gasteiger partial charge on any atom is -0.496 e. The lowest BCUT2D eigenvalue weighted by Crippen LogP contribution is -2.24. The van der Waals surface area contributed by atoms with E-state index in [1.807, 2.05) is 19.2 Å². The van der Waals surface area contributed by atoms with Gasteiger partial charge in [-0.3, -0.25) is 0 Å². The first-order valence-corrected chi connectivity index (χ1v) is 5.96. The fourth-order valence-corrected chi connectivity index (χ4v) is 2.05. The smallest absolute Gasteiger partial charge is 0.122 e. The van der Waals surface area contributed by atoms with Gasteiger partial charge in [-0.2, -0.15) is 0 Å². The van der Waals surface area contributed by atoms with Gasteiger partial charge in [-0.05, 0) is 44.4 Å². The molecule has 0 aliphatic rings. The van der Waals surface area contributed by atoms with Crippen LogP contribution >= 0.6 is 0 Å². The summed E-state index contributed by atoms with van der Waals surface area (Å²) in [6, 6.07) is 8.85. The Hall–Kier alpha value is -1.02. The number of rotatable bonds is 6. The summed E-state index contributed by atoms with van der Waals surface area (Å²) in [6.45, 7) is 4.51. The molecule has 1 aromatic carbocycles. The first-order chi connectivity index (χ1) is 7.67. The maximum absolute atomic E-state index is 5.36. The first-order valence-electron chi connectivity index (χ1n) is 5.96. The molecule has 16 heavy (non-hydrogen) atoms. The van der Waals surface area contributed by atoms with Crippen molar-refractivity contribution in [3.05, 3.63) is 29.8 Å². The van der Waals surface area contributed by atoms with Crippen molar-refractivity contribution >= 4 is 0 Å². The predicted molar refractivity (Wildman–Crippen MR) is 69.0 cm³/mol. The highest BCUT2D eigenvalue weighted by molar-refractivity contribution is 5.33. The van der Waals surface area contributed by atoms with E-state index in [1.54, 1.807) is 7.11 Å². The number of ether oxygens (including phenoxy) is 1. The molecule has 1 N–H and O–H groups in total. The van der Waals surface area contributed by atoms with Crippen LogP contribution in [0.4, 0.5) is 0 Å². The average Bonchev–Trinajstić information content (AvgIpc) is 2.29. The summed E-state index contributed by atoms with van der Waals surface area (Å²) in [5, 5.41) is 3.28. The molecule has 2 atom stereocenters. The van der Waals surface area contributed by atoms with Crippen molar-refractivity contribution < 1.29 is 4.74 Å². The fraction of sp³-hybridized carbons (Fsp3) is 0.571. The second-order valence-electron chi connectivity index (χ2n) is 4.55. The summed E-state index contributed by atoms with van der Waals surface area (Å²) in [5.41, 5.74) is 1.31. The molecule has 0 aromatic heterocycles. The number of hydrogen-bond acceptors (Lipinski definition) is 2. The Morgan fingerprint density at radius 1 is 1.25 bits per heavy atom. The van der Waals surface area contributed by atoms with Gasteiger partial charge in [0.15, 0.2) is 0 Å². The molecule has 0 bridgehead atoms. The van der Waals surface area contributed by atoms with Crippen LogP contribution in [-0.2, 0) is 6.42 Å². The molecule has 1 rings (SSSR count). The average molecular weight is 221 g/mol. The SMILES string of the molecule is CNC(C)CC(C)Cc1ccccc1OC. The number of para-hydroxylation sites is 1. The quantitative estimate of drug-likeness (QED) is 0.797. The van der Waals surface area contributed by atoms with Gasteiger partial charge >= 0.3 is 0 Å². The topological polar surface area (TPSA) is 21.3 Å². The summed E-state index contributed by atoms with van der Waals surface area (Å²) >= 11 is 0. The lowest BCUT2D eigenvalue weighted by atomic mass is 9.94. The maximum Gasteiger partial charge on any atom is 0.122 e. The van der Waals surface area contributed by atoms with Crippen molar-refractivity contribution in [1.82, 2.24) is 5.32 Å². The van der Waals surface area contributed by atoms with Crippen molar-refractivity contribution in [2.45, 2.75) is 32.7 Å². The molecule has 1 aromatic rings. The molecule has 0 saturated carbocycles. The second-order valence-corrected chi connectivity index (χ2v) is 4.55. The Balaban J connectivity index is 2.58. The van der Waals surface area contributed by atoms with Gasteiger partial charge in [0.25, 0.3) is 0 Å². The van der Waals surface area contributed by atoms with Crippen LogP contribution in [0.1, 0.15) is 25.8 Å². The summed E-state index contributed by atoms with van der Waals surface area (Å²) in [5.74, 6) is 1.67. The van der Waals surface area contributed by atoms with Crippen LogP contribution in [0.3, 0.4) is 0 Å². The number of benzene rings is 1. The lowest BCUT2D eigenvalue weighted by molar-refractivity contribution is 0.397. The molecule has 0 heterocycles. The third-order valence-electron chi connectivity index (χ3n) is 3.01. The van der Waals surface area contributed by atoms with Crippen LogP contribution in [-0.4, -0.2) is 20.2 Å². The van der Waals surface area contributed by atoms with Gasteiger partial charge in [0.1, 0.15) is 5.75 Å². The third-order valence-corrected chi connectivity index (χ3v) is 3.01. The number of hydrogen-bond donors (Lipinski definition) is 1. The lowest BCUT2D eigenvalue weighted by Gasteiger charge is -2.17. The zero-order valence-corrected chi connectivity index (χ0v) is 10.8. The maximum atomic E-state index is 5.36. The van der Waals surface area contributed by atoms with Gasteiger partial charge in [-0.1, -0.05) is 25.1 Å². The Morgan fingerprint density at radius 2 is 1.94 bits per heavy atom. The van der Waals surface area contributed by atoms with E-state index in [0.29, 0.717) is 12.0 Å². The Bertz CT molecular complexity index is 311. The number of nitrogens with one attached hydrogen (secondary N) is 1. The van der Waals surface area contributed by atoms with E-state index in [0.717, 1.165) is 12.2 Å². The van der Waals surface area contributed by atoms with Crippen LogP contribution in [0.25, 0.3) is 0 Å². The highest BCUT2D eigenvalue weighted by atomic mass is 16.5. The van der Waals surface area contributed by atoms with Gasteiger partial charge in [-0.25, -0.2) is 0 Å². The van der Waals surface area contributed by atoms with Crippen molar-refractivity contribution in [2.75, 3.05) is 14.2 Å². The molecule has 0 fully saturated rings. The largest absolute Gasteiger partial charge is 0.496 e. The molecule has 0 spiro atoms. The normalized spacial score (nSPS) is 14.5. The zero-order chi connectivity index (χ0) is 12.0. The van der Waals surface area contributed by atoms with Gasteiger partial charge < -0.3 is 10.1 Å². The van der Waals surface area contributed by atoms with E-state index < -0.39 is 0 Å². The molecule has 0 radical (unpaired) electrons. The van der Waals surface area contributed by atoms with Gasteiger partial charge in [0.05, 0.1) is 7.11 Å². The zero-order valence-electron chi connectivity index (χ0n) is 10.8. The van der Waals surface area contributed by atoms with Crippen molar-refractivity contribution in [2.24, 2.45) is 5.92 Å². The Labute approximate surface area is 99.0 Å². The van der Waals surface area contributed by atoms with Crippen LogP contribution < -0.4 is 10.1 Å². The molecule has 0 amide bonds. The molecule has 0 aliphatic carbocycles. The fourth-order valence-electron chi connectivity index (χ4n) is 2.05. The van der Waals surface area contributed by atoms with E-state index in [9.17, 15) is 0 Å². The third kappa shape index (κ3) is 3.86. The molecule has 2 nitrogen and oxygen atoms in total. The standard InChI is InChI=1S/C14H23NO/c1-11(9-12(2)15-3)10-13-7-5-6-8-14(13)16-4/h5-8,11-12,15H,9-10H2,1-4H3. The molecule has 2 heteroatoms. The van der Waals surface area contributed by atoms with E-state index in [-0.39, 0.29) is 0 Å².